The van der Waals surface area contributed by atoms with Gasteiger partial charge in [-0.3, -0.25) is 9.69 Å². The second kappa shape index (κ2) is 6.13. The molecular weight excluding hydrogens is 292 g/mol. The number of nitrogens with zero attached hydrogens (tertiary/aromatic N) is 2. The third-order valence-electron chi connectivity index (χ3n) is 3.95. The van der Waals surface area contributed by atoms with Crippen molar-refractivity contribution >= 4 is 23.2 Å². The normalized spacial score (nSPS) is 22.9. The molecule has 0 spiro atoms. The average molecular weight is 310 g/mol. The van der Waals surface area contributed by atoms with Gasteiger partial charge in [0.15, 0.2) is 6.10 Å². The number of carboxylic acid groups (broad SMARTS) is 1. The van der Waals surface area contributed by atoms with Crippen LogP contribution in [0.15, 0.2) is 11.4 Å². The molecule has 0 bridgehead atoms. The smallest absolute Gasteiger partial charge is 0.334 e. The predicted octanol–water partition coefficient (Wildman–Crippen LogP) is 0.418. The summed E-state index contributed by atoms with van der Waals surface area (Å²) in [6.07, 6.45) is 0.0935. The van der Waals surface area contributed by atoms with Gasteiger partial charge in [0.05, 0.1) is 13.2 Å². The molecule has 0 saturated carbocycles. The topological polar surface area (TPSA) is 70.1 Å². The van der Waals surface area contributed by atoms with Gasteiger partial charge in [0.1, 0.15) is 0 Å². The van der Waals surface area contributed by atoms with Gasteiger partial charge in [-0.2, -0.15) is 0 Å². The summed E-state index contributed by atoms with van der Waals surface area (Å²) >= 11 is 1.75. The number of carbonyl (C=O) groups is 2. The number of hydrogen-bond donors (Lipinski definition) is 1. The Bertz CT molecular complexity index is 545. The zero-order valence-electron chi connectivity index (χ0n) is 11.7. The summed E-state index contributed by atoms with van der Waals surface area (Å²) in [4.78, 5) is 28.4. The molecule has 6 nitrogen and oxygen atoms in total. The van der Waals surface area contributed by atoms with E-state index in [2.05, 4.69) is 11.4 Å². The highest BCUT2D eigenvalue weighted by Crippen LogP contribution is 2.24. The van der Waals surface area contributed by atoms with Crippen molar-refractivity contribution in [3.05, 3.63) is 21.9 Å². The van der Waals surface area contributed by atoms with Gasteiger partial charge in [0.25, 0.3) is 0 Å². The Labute approximate surface area is 126 Å². The molecule has 1 saturated heterocycles. The van der Waals surface area contributed by atoms with Gasteiger partial charge in [0, 0.05) is 31.1 Å². The van der Waals surface area contributed by atoms with E-state index in [1.54, 1.807) is 11.3 Å². The first-order chi connectivity index (χ1) is 10.1. The maximum Gasteiger partial charge on any atom is 0.334 e. The van der Waals surface area contributed by atoms with Crippen molar-refractivity contribution in [2.45, 2.75) is 19.1 Å². The minimum absolute atomic E-state index is 0.0675. The van der Waals surface area contributed by atoms with Crippen LogP contribution < -0.4 is 0 Å². The number of morpholine rings is 1. The maximum atomic E-state index is 12.4. The van der Waals surface area contributed by atoms with Gasteiger partial charge in [-0.1, -0.05) is 0 Å². The van der Waals surface area contributed by atoms with E-state index < -0.39 is 12.1 Å². The van der Waals surface area contributed by atoms with Crippen LogP contribution in [-0.4, -0.2) is 65.7 Å². The van der Waals surface area contributed by atoms with E-state index in [-0.39, 0.29) is 19.0 Å². The number of carbonyl (C=O) groups excluding carboxylic acids is 1. The average Bonchev–Trinajstić information content (AvgIpc) is 2.94. The molecule has 1 unspecified atom stereocenters. The number of rotatable bonds is 3. The SMILES string of the molecule is O=C(O)C1CN(CC(=O)N2CCc3sccc3C2)CCO1. The third-order valence-corrected chi connectivity index (χ3v) is 4.97. The lowest BCUT2D eigenvalue weighted by molar-refractivity contribution is -0.157. The fraction of sp³-hybridized carbons (Fsp3) is 0.571. The number of thiophene rings is 1. The molecule has 1 aromatic heterocycles. The van der Waals surface area contributed by atoms with E-state index in [9.17, 15) is 9.59 Å². The Hall–Kier alpha value is -1.44. The minimum Gasteiger partial charge on any atom is -0.479 e. The Kier molecular flexibility index (Phi) is 4.23. The van der Waals surface area contributed by atoms with Crippen LogP contribution in [0, 0.1) is 0 Å². The Morgan fingerprint density at radius 1 is 1.43 bits per heavy atom. The molecule has 7 heteroatoms. The highest BCUT2D eigenvalue weighted by atomic mass is 32.1. The molecule has 114 valence electrons. The van der Waals surface area contributed by atoms with E-state index in [0.717, 1.165) is 13.0 Å². The molecule has 1 aromatic rings. The van der Waals surface area contributed by atoms with Crippen LogP contribution in [0.25, 0.3) is 0 Å². The van der Waals surface area contributed by atoms with Crippen LogP contribution in [0.3, 0.4) is 0 Å². The van der Waals surface area contributed by atoms with Gasteiger partial charge < -0.3 is 14.7 Å². The van der Waals surface area contributed by atoms with E-state index in [0.29, 0.717) is 19.7 Å². The summed E-state index contributed by atoms with van der Waals surface area (Å²) in [6, 6.07) is 2.08. The molecule has 3 rings (SSSR count). The zero-order chi connectivity index (χ0) is 14.8. The highest BCUT2D eigenvalue weighted by Gasteiger charge is 2.29. The summed E-state index contributed by atoms with van der Waals surface area (Å²) in [7, 11) is 0. The summed E-state index contributed by atoms with van der Waals surface area (Å²) in [5.74, 6) is -0.897. The molecule has 0 aromatic carbocycles. The number of amides is 1. The standard InChI is InChI=1S/C14H18N2O4S/c17-13(9-15-4-5-20-11(8-15)14(18)19)16-3-1-12-10(7-16)2-6-21-12/h2,6,11H,1,3-5,7-9H2,(H,18,19). The Morgan fingerprint density at radius 3 is 3.10 bits per heavy atom. The van der Waals surface area contributed by atoms with Crippen LogP contribution in [-0.2, 0) is 27.3 Å². The van der Waals surface area contributed by atoms with Gasteiger partial charge in [-0.15, -0.1) is 11.3 Å². The quantitative estimate of drug-likeness (QED) is 0.876. The summed E-state index contributed by atoms with van der Waals surface area (Å²) in [5.41, 5.74) is 1.24. The first-order valence-electron chi connectivity index (χ1n) is 7.03. The van der Waals surface area contributed by atoms with E-state index >= 15 is 0 Å². The maximum absolute atomic E-state index is 12.4. The fourth-order valence-corrected chi connectivity index (χ4v) is 3.64. The lowest BCUT2D eigenvalue weighted by Gasteiger charge is -2.33. The fourth-order valence-electron chi connectivity index (χ4n) is 2.75. The van der Waals surface area contributed by atoms with Crippen molar-refractivity contribution in [1.29, 1.82) is 0 Å². The van der Waals surface area contributed by atoms with Crippen molar-refractivity contribution < 1.29 is 19.4 Å². The van der Waals surface area contributed by atoms with Gasteiger partial charge in [-0.25, -0.2) is 4.79 Å². The number of aliphatic carboxylic acids is 1. The molecule has 2 aliphatic rings. The Balaban J connectivity index is 1.56. The number of carboxylic acids is 1. The molecule has 3 heterocycles. The van der Waals surface area contributed by atoms with Gasteiger partial charge >= 0.3 is 5.97 Å². The molecule has 1 N–H and O–H groups in total. The highest BCUT2D eigenvalue weighted by molar-refractivity contribution is 7.10. The summed E-state index contributed by atoms with van der Waals surface area (Å²) in [6.45, 7) is 2.93. The van der Waals surface area contributed by atoms with Crippen molar-refractivity contribution in [2.24, 2.45) is 0 Å². The predicted molar refractivity (Wildman–Crippen MR) is 77.3 cm³/mol. The monoisotopic (exact) mass is 310 g/mol. The van der Waals surface area contributed by atoms with Crippen LogP contribution in [0.1, 0.15) is 10.4 Å². The Morgan fingerprint density at radius 2 is 2.29 bits per heavy atom. The number of ether oxygens (including phenoxy) is 1. The molecule has 1 fully saturated rings. The lowest BCUT2D eigenvalue weighted by Crippen LogP contribution is -2.50. The van der Waals surface area contributed by atoms with Crippen molar-refractivity contribution in [3.8, 4) is 0 Å². The number of hydrogen-bond acceptors (Lipinski definition) is 5. The minimum atomic E-state index is -0.965. The van der Waals surface area contributed by atoms with Crippen molar-refractivity contribution in [2.75, 3.05) is 32.8 Å². The van der Waals surface area contributed by atoms with E-state index in [4.69, 9.17) is 9.84 Å². The summed E-state index contributed by atoms with van der Waals surface area (Å²) < 4.78 is 5.17. The van der Waals surface area contributed by atoms with Crippen LogP contribution in [0.2, 0.25) is 0 Å². The molecule has 1 amide bonds. The largest absolute Gasteiger partial charge is 0.479 e. The molecule has 0 radical (unpaired) electrons. The van der Waals surface area contributed by atoms with Crippen LogP contribution in [0.5, 0.6) is 0 Å². The van der Waals surface area contributed by atoms with Crippen molar-refractivity contribution in [3.63, 3.8) is 0 Å². The van der Waals surface area contributed by atoms with Crippen LogP contribution >= 0.6 is 11.3 Å². The third kappa shape index (κ3) is 3.25. The van der Waals surface area contributed by atoms with E-state index in [1.807, 2.05) is 9.80 Å². The second-order valence-corrected chi connectivity index (χ2v) is 6.37. The first kappa shape index (κ1) is 14.5. The number of fused-ring (bicyclic) bond motifs is 1. The molecule has 2 aliphatic heterocycles. The van der Waals surface area contributed by atoms with Crippen molar-refractivity contribution in [1.82, 2.24) is 9.80 Å². The summed E-state index contributed by atoms with van der Waals surface area (Å²) in [5, 5.41) is 11.0. The van der Waals surface area contributed by atoms with E-state index in [1.165, 1.54) is 10.4 Å². The van der Waals surface area contributed by atoms with Gasteiger partial charge in [-0.05, 0) is 23.4 Å². The van der Waals surface area contributed by atoms with Gasteiger partial charge in [0.2, 0.25) is 5.91 Å². The lowest BCUT2D eigenvalue weighted by atomic mass is 10.1. The zero-order valence-corrected chi connectivity index (χ0v) is 12.5. The molecular formula is C14H18N2O4S. The van der Waals surface area contributed by atoms with Crippen LogP contribution in [0.4, 0.5) is 0 Å². The molecule has 21 heavy (non-hydrogen) atoms. The molecule has 0 aliphatic carbocycles. The first-order valence-corrected chi connectivity index (χ1v) is 7.91. The second-order valence-electron chi connectivity index (χ2n) is 5.37. The molecule has 1 atom stereocenters.